The molecule has 152 valence electrons. The molecule has 7 heteroatoms. The second-order valence-electron chi connectivity index (χ2n) is 7.16. The quantitative estimate of drug-likeness (QED) is 0.783. The molecule has 1 saturated heterocycles. The number of nitrogens with one attached hydrogen (secondary N) is 1. The van der Waals surface area contributed by atoms with Crippen LogP contribution in [0.3, 0.4) is 0 Å². The molecule has 1 atom stereocenters. The topological polar surface area (TPSA) is 86.7 Å². The molecule has 1 heterocycles. The van der Waals surface area contributed by atoms with Crippen LogP contribution in [-0.2, 0) is 16.0 Å². The van der Waals surface area contributed by atoms with Gasteiger partial charge in [-0.2, -0.15) is 0 Å². The van der Waals surface area contributed by atoms with Gasteiger partial charge in [0.15, 0.2) is 0 Å². The number of aliphatic carboxylic acids is 1. The molecule has 1 aliphatic heterocycles. The second-order valence-corrected chi connectivity index (χ2v) is 7.16. The molecule has 3 rings (SSSR count). The van der Waals surface area contributed by atoms with Crippen LogP contribution in [0, 0.1) is 11.7 Å². The number of carboxylic acid groups (broad SMARTS) is 1. The Bertz CT molecular complexity index is 862. The molecule has 6 nitrogen and oxygen atoms in total. The third kappa shape index (κ3) is 5.40. The number of piperidine rings is 1. The fourth-order valence-corrected chi connectivity index (χ4v) is 3.46. The van der Waals surface area contributed by atoms with E-state index in [9.17, 15) is 23.9 Å². The molecule has 1 fully saturated rings. The van der Waals surface area contributed by atoms with Crippen LogP contribution in [0.5, 0.6) is 0 Å². The lowest BCUT2D eigenvalue weighted by Crippen LogP contribution is -2.48. The summed E-state index contributed by atoms with van der Waals surface area (Å²) in [6, 6.07) is 13.5. The molecule has 0 aromatic heterocycles. The third-order valence-electron chi connectivity index (χ3n) is 5.14. The zero-order valence-corrected chi connectivity index (χ0v) is 15.9. The van der Waals surface area contributed by atoms with Gasteiger partial charge >= 0.3 is 5.97 Å². The first-order chi connectivity index (χ1) is 13.9. The number of likely N-dealkylation sites (tertiary alicyclic amines) is 1. The maximum absolute atomic E-state index is 13.0. The van der Waals surface area contributed by atoms with Crippen molar-refractivity contribution >= 4 is 17.8 Å². The predicted octanol–water partition coefficient (Wildman–Crippen LogP) is 2.49. The van der Waals surface area contributed by atoms with Gasteiger partial charge in [-0.1, -0.05) is 30.3 Å². The van der Waals surface area contributed by atoms with Gasteiger partial charge in [-0.3, -0.25) is 9.59 Å². The SMILES string of the molecule is O=C(NC(Cc1ccccc1)C(=O)O)C1CCN(C(=O)c2ccc(F)cc2)CC1. The maximum atomic E-state index is 13.0. The number of carbonyl (C=O) groups excluding carboxylic acids is 2. The van der Waals surface area contributed by atoms with Crippen LogP contribution in [0.25, 0.3) is 0 Å². The van der Waals surface area contributed by atoms with E-state index in [-0.39, 0.29) is 24.2 Å². The normalized spacial score (nSPS) is 15.6. The van der Waals surface area contributed by atoms with Crippen molar-refractivity contribution in [1.29, 1.82) is 0 Å². The number of nitrogens with zero attached hydrogens (tertiary/aromatic N) is 1. The van der Waals surface area contributed by atoms with Gasteiger partial charge in [-0.15, -0.1) is 0 Å². The standard InChI is InChI=1S/C22H23FN2O4/c23-18-8-6-17(7-9-18)21(27)25-12-10-16(11-13-25)20(26)24-19(22(28)29)14-15-4-2-1-3-5-15/h1-9,16,19H,10-14H2,(H,24,26)(H,28,29). The summed E-state index contributed by atoms with van der Waals surface area (Å²) >= 11 is 0. The van der Waals surface area contributed by atoms with Crippen molar-refractivity contribution in [2.75, 3.05) is 13.1 Å². The second kappa shape index (κ2) is 9.32. The number of carbonyl (C=O) groups is 3. The van der Waals surface area contributed by atoms with Gasteiger partial charge in [0.1, 0.15) is 11.9 Å². The highest BCUT2D eigenvalue weighted by atomic mass is 19.1. The molecule has 1 aliphatic rings. The fraction of sp³-hybridized carbons (Fsp3) is 0.318. The minimum Gasteiger partial charge on any atom is -0.480 e. The molecule has 2 amide bonds. The zero-order valence-electron chi connectivity index (χ0n) is 15.9. The molecule has 0 bridgehead atoms. The van der Waals surface area contributed by atoms with Gasteiger partial charge in [0.05, 0.1) is 0 Å². The lowest BCUT2D eigenvalue weighted by atomic mass is 9.94. The summed E-state index contributed by atoms with van der Waals surface area (Å²) < 4.78 is 13.0. The number of carboxylic acids is 1. The molecule has 29 heavy (non-hydrogen) atoms. The molecule has 2 N–H and O–H groups in total. The smallest absolute Gasteiger partial charge is 0.326 e. The van der Waals surface area contributed by atoms with Gasteiger partial charge in [-0.05, 0) is 42.7 Å². The number of rotatable bonds is 6. The number of amides is 2. The summed E-state index contributed by atoms with van der Waals surface area (Å²) in [6.45, 7) is 0.787. The lowest BCUT2D eigenvalue weighted by molar-refractivity contribution is -0.142. The molecule has 2 aromatic rings. The fourth-order valence-electron chi connectivity index (χ4n) is 3.46. The zero-order chi connectivity index (χ0) is 20.8. The van der Waals surface area contributed by atoms with Gasteiger partial charge < -0.3 is 15.3 Å². The number of benzene rings is 2. The van der Waals surface area contributed by atoms with Crippen molar-refractivity contribution in [2.45, 2.75) is 25.3 Å². The maximum Gasteiger partial charge on any atom is 0.326 e. The van der Waals surface area contributed by atoms with E-state index in [2.05, 4.69) is 5.32 Å². The first-order valence-corrected chi connectivity index (χ1v) is 9.56. The molecule has 2 aromatic carbocycles. The van der Waals surface area contributed by atoms with Gasteiger partial charge in [0, 0.05) is 31.0 Å². The molecule has 0 radical (unpaired) electrons. The van der Waals surface area contributed by atoms with Crippen LogP contribution in [0.2, 0.25) is 0 Å². The van der Waals surface area contributed by atoms with Gasteiger partial charge in [0.2, 0.25) is 5.91 Å². The molecule has 0 aliphatic carbocycles. The minimum absolute atomic E-state index is 0.198. The Hall–Kier alpha value is -3.22. The highest BCUT2D eigenvalue weighted by molar-refractivity contribution is 5.94. The van der Waals surface area contributed by atoms with E-state index in [1.807, 2.05) is 30.3 Å². The van der Waals surface area contributed by atoms with Gasteiger partial charge in [-0.25, -0.2) is 9.18 Å². The summed E-state index contributed by atoms with van der Waals surface area (Å²) in [7, 11) is 0. The van der Waals surface area contributed by atoms with E-state index in [1.54, 1.807) is 4.90 Å². The van der Waals surface area contributed by atoms with Crippen LogP contribution in [0.15, 0.2) is 54.6 Å². The number of hydrogen-bond donors (Lipinski definition) is 2. The number of halogens is 1. The monoisotopic (exact) mass is 398 g/mol. The Balaban J connectivity index is 1.54. The van der Waals surface area contributed by atoms with E-state index in [0.29, 0.717) is 31.5 Å². The highest BCUT2D eigenvalue weighted by Gasteiger charge is 2.30. The largest absolute Gasteiger partial charge is 0.480 e. The van der Waals surface area contributed by atoms with Crippen LogP contribution in [0.1, 0.15) is 28.8 Å². The van der Waals surface area contributed by atoms with Crippen molar-refractivity contribution in [3.05, 3.63) is 71.5 Å². The summed E-state index contributed by atoms with van der Waals surface area (Å²) in [5, 5.41) is 12.1. The predicted molar refractivity (Wildman–Crippen MR) is 105 cm³/mol. The average Bonchev–Trinajstić information content (AvgIpc) is 2.74. The highest BCUT2D eigenvalue weighted by Crippen LogP contribution is 2.20. The van der Waals surface area contributed by atoms with Crippen molar-refractivity contribution < 1.29 is 23.9 Å². The van der Waals surface area contributed by atoms with Crippen LogP contribution in [-0.4, -0.2) is 46.9 Å². The molecular formula is C22H23FN2O4. The average molecular weight is 398 g/mol. The van der Waals surface area contributed by atoms with E-state index >= 15 is 0 Å². The first kappa shape index (κ1) is 20.5. The van der Waals surface area contributed by atoms with E-state index in [1.165, 1.54) is 24.3 Å². The molecule has 0 spiro atoms. The summed E-state index contributed by atoms with van der Waals surface area (Å²) in [5.41, 5.74) is 1.24. The Morgan fingerprint density at radius 3 is 2.24 bits per heavy atom. The van der Waals surface area contributed by atoms with Crippen LogP contribution < -0.4 is 5.32 Å². The Kier molecular flexibility index (Phi) is 6.59. The molecule has 1 unspecified atom stereocenters. The van der Waals surface area contributed by atoms with Crippen LogP contribution in [0.4, 0.5) is 4.39 Å². The van der Waals surface area contributed by atoms with Crippen molar-refractivity contribution in [1.82, 2.24) is 10.2 Å². The minimum atomic E-state index is -1.08. The Morgan fingerprint density at radius 1 is 1.03 bits per heavy atom. The summed E-state index contributed by atoms with van der Waals surface area (Å²) in [4.78, 5) is 38.2. The van der Waals surface area contributed by atoms with E-state index in [4.69, 9.17) is 0 Å². The lowest BCUT2D eigenvalue weighted by Gasteiger charge is -2.32. The van der Waals surface area contributed by atoms with Crippen molar-refractivity contribution in [3.63, 3.8) is 0 Å². The third-order valence-corrected chi connectivity index (χ3v) is 5.14. The van der Waals surface area contributed by atoms with Crippen LogP contribution >= 0.6 is 0 Å². The van der Waals surface area contributed by atoms with E-state index in [0.717, 1.165) is 5.56 Å². The Morgan fingerprint density at radius 2 is 1.66 bits per heavy atom. The number of hydrogen-bond acceptors (Lipinski definition) is 3. The molecular weight excluding hydrogens is 375 g/mol. The summed E-state index contributed by atoms with van der Waals surface area (Å²) in [6.07, 6.45) is 1.12. The van der Waals surface area contributed by atoms with Crippen molar-refractivity contribution in [2.24, 2.45) is 5.92 Å². The first-order valence-electron chi connectivity index (χ1n) is 9.56. The molecule has 0 saturated carbocycles. The van der Waals surface area contributed by atoms with E-state index < -0.39 is 17.8 Å². The summed E-state index contributed by atoms with van der Waals surface area (Å²) in [5.74, 6) is -2.32. The Labute approximate surface area is 168 Å². The van der Waals surface area contributed by atoms with Gasteiger partial charge in [0.25, 0.3) is 5.91 Å². The van der Waals surface area contributed by atoms with Crippen molar-refractivity contribution in [3.8, 4) is 0 Å².